The molecule has 1 unspecified atom stereocenters. The van der Waals surface area contributed by atoms with Crippen molar-refractivity contribution in [3.63, 3.8) is 0 Å². The summed E-state index contributed by atoms with van der Waals surface area (Å²) in [5, 5.41) is 4.19. The molecule has 1 atom stereocenters. The maximum absolute atomic E-state index is 12.7. The molecule has 2 aromatic rings. The maximum Gasteiger partial charge on any atom is 0.339 e. The second-order valence-electron chi connectivity index (χ2n) is 5.21. The fraction of sp³-hybridized carbons (Fsp3) is 0.267. The van der Waals surface area contributed by atoms with Crippen LogP contribution in [-0.4, -0.2) is 38.4 Å². The second-order valence-corrected chi connectivity index (χ2v) is 5.95. The van der Waals surface area contributed by atoms with Crippen molar-refractivity contribution in [2.45, 2.75) is 26.3 Å². The van der Waals surface area contributed by atoms with Gasteiger partial charge in [0.05, 0.1) is 5.69 Å². The lowest BCUT2D eigenvalue weighted by atomic mass is 10.1. The van der Waals surface area contributed by atoms with Gasteiger partial charge < -0.3 is 0 Å². The fourth-order valence-electron chi connectivity index (χ4n) is 2.58. The first-order valence-corrected chi connectivity index (χ1v) is 7.78. The molecule has 23 heavy (non-hydrogen) atoms. The van der Waals surface area contributed by atoms with Crippen molar-refractivity contribution in [2.75, 3.05) is 4.90 Å². The Hall–Kier alpha value is -2.61. The smallest absolute Gasteiger partial charge is 0.275 e. The first-order valence-electron chi connectivity index (χ1n) is 7.01. The lowest BCUT2D eigenvalue weighted by molar-refractivity contribution is -0.131. The van der Waals surface area contributed by atoms with Gasteiger partial charge >= 0.3 is 6.03 Å². The number of urea groups is 1. The van der Waals surface area contributed by atoms with E-state index in [-0.39, 0.29) is 6.42 Å². The van der Waals surface area contributed by atoms with Crippen LogP contribution in [0.4, 0.5) is 9.80 Å². The van der Waals surface area contributed by atoms with Gasteiger partial charge in [-0.1, -0.05) is 34.8 Å². The van der Waals surface area contributed by atoms with Gasteiger partial charge in [0.25, 0.3) is 5.91 Å². The Kier molecular flexibility index (Phi) is 3.91. The minimum absolute atomic E-state index is 0.284. The molecule has 118 valence electrons. The van der Waals surface area contributed by atoms with Gasteiger partial charge in [-0.15, -0.1) is 5.10 Å². The van der Waals surface area contributed by atoms with Crippen molar-refractivity contribution in [1.29, 1.82) is 0 Å². The van der Waals surface area contributed by atoms with Gasteiger partial charge in [-0.3, -0.25) is 14.5 Å². The molecule has 8 heteroatoms. The third-order valence-electron chi connectivity index (χ3n) is 3.66. The van der Waals surface area contributed by atoms with Crippen molar-refractivity contribution in [3.8, 4) is 0 Å². The molecule has 1 saturated heterocycles. The largest absolute Gasteiger partial charge is 0.339 e. The molecule has 1 aromatic carbocycles. The predicted octanol–water partition coefficient (Wildman–Crippen LogP) is 1.77. The van der Waals surface area contributed by atoms with E-state index in [1.165, 1.54) is 6.92 Å². The van der Waals surface area contributed by atoms with Crippen molar-refractivity contribution < 1.29 is 14.4 Å². The van der Waals surface area contributed by atoms with E-state index in [4.69, 9.17) is 0 Å². The van der Waals surface area contributed by atoms with Crippen LogP contribution in [-0.2, 0) is 16.0 Å². The lowest BCUT2D eigenvalue weighted by Gasteiger charge is -2.17. The van der Waals surface area contributed by atoms with Crippen LogP contribution in [0.3, 0.4) is 0 Å². The molecular weight excluding hydrogens is 316 g/mol. The highest BCUT2D eigenvalue weighted by Gasteiger charge is 2.49. The number of hydrogen-bond donors (Lipinski definition) is 0. The molecule has 1 aromatic heterocycles. The van der Waals surface area contributed by atoms with Crippen LogP contribution in [0.5, 0.6) is 0 Å². The van der Waals surface area contributed by atoms with E-state index in [1.54, 1.807) is 6.92 Å². The molecule has 0 saturated carbocycles. The number of imide groups is 2. The number of anilines is 1. The van der Waals surface area contributed by atoms with Gasteiger partial charge in [-0.25, -0.2) is 9.69 Å². The summed E-state index contributed by atoms with van der Waals surface area (Å²) in [7, 11) is 0. The number of rotatable bonds is 3. The average molecular weight is 330 g/mol. The number of nitrogens with zero attached hydrogens (tertiary/aromatic N) is 4. The first kappa shape index (κ1) is 15.3. The van der Waals surface area contributed by atoms with E-state index in [1.807, 2.05) is 30.3 Å². The SMILES string of the molecule is CC(=O)N1C(=O)N(c2snnc2C)C(=O)C1Cc1ccccc1. The summed E-state index contributed by atoms with van der Waals surface area (Å²) < 4.78 is 3.76. The molecule has 1 aliphatic heterocycles. The van der Waals surface area contributed by atoms with Gasteiger partial charge in [0.1, 0.15) is 6.04 Å². The van der Waals surface area contributed by atoms with Crippen molar-refractivity contribution in [2.24, 2.45) is 0 Å². The minimum Gasteiger partial charge on any atom is -0.275 e. The third-order valence-corrected chi connectivity index (χ3v) is 4.47. The molecular formula is C15H14N4O3S. The number of aryl methyl sites for hydroxylation is 1. The van der Waals surface area contributed by atoms with Gasteiger partial charge in [0, 0.05) is 24.9 Å². The van der Waals surface area contributed by atoms with Crippen LogP contribution in [0.25, 0.3) is 0 Å². The van der Waals surface area contributed by atoms with Crippen LogP contribution in [0.1, 0.15) is 18.2 Å². The normalized spacial score (nSPS) is 17.9. The highest BCUT2D eigenvalue weighted by atomic mass is 32.1. The van der Waals surface area contributed by atoms with Crippen molar-refractivity contribution in [1.82, 2.24) is 14.5 Å². The van der Waals surface area contributed by atoms with Crippen LogP contribution in [0, 0.1) is 6.92 Å². The van der Waals surface area contributed by atoms with E-state index < -0.39 is 23.9 Å². The summed E-state index contributed by atoms with van der Waals surface area (Å²) >= 11 is 0.962. The van der Waals surface area contributed by atoms with Crippen LogP contribution >= 0.6 is 11.5 Å². The summed E-state index contributed by atoms with van der Waals surface area (Å²) in [6.45, 7) is 2.95. The van der Waals surface area contributed by atoms with E-state index in [0.717, 1.165) is 26.9 Å². The van der Waals surface area contributed by atoms with Crippen LogP contribution < -0.4 is 4.90 Å². The van der Waals surface area contributed by atoms with Crippen molar-refractivity contribution in [3.05, 3.63) is 41.6 Å². The predicted molar refractivity (Wildman–Crippen MR) is 84.0 cm³/mol. The quantitative estimate of drug-likeness (QED) is 0.801. The molecule has 0 aliphatic carbocycles. The van der Waals surface area contributed by atoms with Crippen LogP contribution in [0.2, 0.25) is 0 Å². The zero-order valence-corrected chi connectivity index (χ0v) is 13.4. The second kappa shape index (κ2) is 5.88. The van der Waals surface area contributed by atoms with Gasteiger partial charge in [0.15, 0.2) is 5.00 Å². The topological polar surface area (TPSA) is 83.5 Å². The Bertz CT molecular complexity index is 774. The van der Waals surface area contributed by atoms with Crippen molar-refractivity contribution >= 4 is 34.4 Å². The first-order chi connectivity index (χ1) is 11.0. The molecule has 0 spiro atoms. The Morgan fingerprint density at radius 3 is 2.52 bits per heavy atom. The Morgan fingerprint density at radius 1 is 1.26 bits per heavy atom. The molecule has 3 rings (SSSR count). The Balaban J connectivity index is 1.98. The van der Waals surface area contributed by atoms with Gasteiger partial charge in [-0.2, -0.15) is 0 Å². The molecule has 1 aliphatic rings. The summed E-state index contributed by atoms with van der Waals surface area (Å²) in [4.78, 5) is 39.2. The standard InChI is InChI=1S/C15H14N4O3S/c1-9-14(23-17-16-9)19-13(21)12(18(10(2)20)15(19)22)8-11-6-4-3-5-7-11/h3-7,12H,8H2,1-2H3. The molecule has 4 amide bonds. The van der Waals surface area contributed by atoms with E-state index in [0.29, 0.717) is 10.7 Å². The van der Waals surface area contributed by atoms with E-state index in [2.05, 4.69) is 9.59 Å². The number of carbonyl (C=O) groups excluding carboxylic acids is 3. The number of carbonyl (C=O) groups is 3. The lowest BCUT2D eigenvalue weighted by Crippen LogP contribution is -2.40. The highest BCUT2D eigenvalue weighted by molar-refractivity contribution is 7.10. The third kappa shape index (κ3) is 2.61. The molecule has 0 bridgehead atoms. The highest BCUT2D eigenvalue weighted by Crippen LogP contribution is 2.31. The summed E-state index contributed by atoms with van der Waals surface area (Å²) in [6.07, 6.45) is 0.284. The summed E-state index contributed by atoms with van der Waals surface area (Å²) in [6, 6.07) is 7.80. The number of hydrogen-bond acceptors (Lipinski definition) is 6. The average Bonchev–Trinajstić information content (AvgIpc) is 3.02. The number of benzene rings is 1. The van der Waals surface area contributed by atoms with Gasteiger partial charge in [0.2, 0.25) is 5.91 Å². The van der Waals surface area contributed by atoms with Crippen LogP contribution in [0.15, 0.2) is 30.3 Å². The molecule has 2 heterocycles. The zero-order valence-electron chi connectivity index (χ0n) is 12.6. The monoisotopic (exact) mass is 330 g/mol. The zero-order chi connectivity index (χ0) is 16.6. The fourth-order valence-corrected chi connectivity index (χ4v) is 3.25. The van der Waals surface area contributed by atoms with E-state index in [9.17, 15) is 14.4 Å². The van der Waals surface area contributed by atoms with E-state index >= 15 is 0 Å². The molecule has 1 fully saturated rings. The summed E-state index contributed by atoms with van der Waals surface area (Å²) in [5.41, 5.74) is 1.37. The number of aromatic nitrogens is 2. The molecule has 0 radical (unpaired) electrons. The minimum atomic E-state index is -0.844. The molecule has 7 nitrogen and oxygen atoms in total. The molecule has 0 N–H and O–H groups in total. The maximum atomic E-state index is 12.7. The number of amides is 4. The van der Waals surface area contributed by atoms with Gasteiger partial charge in [-0.05, 0) is 12.5 Å². The summed E-state index contributed by atoms with van der Waals surface area (Å²) in [5.74, 6) is -0.884. The Labute approximate surface area is 136 Å². The Morgan fingerprint density at radius 2 is 1.96 bits per heavy atom.